The van der Waals surface area contributed by atoms with Crippen molar-refractivity contribution < 1.29 is 9.66 Å². The number of ether oxygens (including phenoxy) is 1. The molecule has 2 rings (SSSR count). The quantitative estimate of drug-likeness (QED) is 0.523. The molecule has 0 aliphatic rings. The molecule has 0 saturated heterocycles. The normalized spacial score (nSPS) is 10.0. The number of nitrogens with one attached hydrogen (secondary N) is 1. The number of benzene rings is 2. The first-order valence-corrected chi connectivity index (χ1v) is 6.69. The summed E-state index contributed by atoms with van der Waals surface area (Å²) < 4.78 is 5.23. The van der Waals surface area contributed by atoms with Crippen LogP contribution in [0.25, 0.3) is 0 Å². The van der Waals surface area contributed by atoms with E-state index in [9.17, 15) is 10.1 Å². The fourth-order valence-corrected chi connectivity index (χ4v) is 2.20. The number of methoxy groups -OCH3 is 1. The van der Waals surface area contributed by atoms with Crippen molar-refractivity contribution in [1.29, 1.82) is 0 Å². The van der Waals surface area contributed by atoms with Crippen molar-refractivity contribution in [3.63, 3.8) is 0 Å². The molecule has 0 fully saturated rings. The first-order valence-electron chi connectivity index (χ1n) is 5.90. The summed E-state index contributed by atoms with van der Waals surface area (Å²) in [5, 5.41) is 14.2. The van der Waals surface area contributed by atoms with E-state index in [4.69, 9.17) is 28.6 Å². The monoisotopic (exact) mass is 322 g/mol. The van der Waals surface area contributed by atoms with Gasteiger partial charge in [0.1, 0.15) is 10.7 Å². The average molecular weight is 323 g/mol. The second-order valence-electron chi connectivity index (χ2n) is 4.11. The molecule has 0 aromatic heterocycles. The minimum Gasteiger partial charge on any atom is -0.496 e. The summed E-state index contributed by atoms with van der Waals surface area (Å²) in [5.74, 6) is 0.533. The van der Waals surface area contributed by atoms with E-state index in [0.29, 0.717) is 27.0 Å². The highest BCUT2D eigenvalue weighted by Gasteiger charge is 2.11. The molecule has 0 heterocycles. The van der Waals surface area contributed by atoms with Crippen molar-refractivity contribution in [3.8, 4) is 5.75 Å². The SMILES string of the molecule is COc1cc(Cl)ccc1C(=S)Nc1cccc([N+](=O)[O-])c1. The molecule has 108 valence electrons. The van der Waals surface area contributed by atoms with Gasteiger partial charge < -0.3 is 10.1 Å². The van der Waals surface area contributed by atoms with Gasteiger partial charge in [-0.2, -0.15) is 0 Å². The second-order valence-corrected chi connectivity index (χ2v) is 4.95. The lowest BCUT2D eigenvalue weighted by molar-refractivity contribution is -0.384. The van der Waals surface area contributed by atoms with E-state index >= 15 is 0 Å². The van der Waals surface area contributed by atoms with Gasteiger partial charge in [-0.25, -0.2) is 0 Å². The third-order valence-electron chi connectivity index (χ3n) is 2.72. The third-order valence-corrected chi connectivity index (χ3v) is 3.28. The number of nitrogens with zero attached hydrogens (tertiary/aromatic N) is 1. The smallest absolute Gasteiger partial charge is 0.271 e. The second kappa shape index (κ2) is 6.51. The third kappa shape index (κ3) is 3.68. The zero-order valence-corrected chi connectivity index (χ0v) is 12.6. The molecule has 21 heavy (non-hydrogen) atoms. The van der Waals surface area contributed by atoms with Crippen LogP contribution in [0.5, 0.6) is 5.75 Å². The number of anilines is 1. The lowest BCUT2D eigenvalue weighted by Crippen LogP contribution is -2.12. The van der Waals surface area contributed by atoms with Crippen LogP contribution >= 0.6 is 23.8 Å². The van der Waals surface area contributed by atoms with E-state index in [-0.39, 0.29) is 5.69 Å². The van der Waals surface area contributed by atoms with Gasteiger partial charge in [0.25, 0.3) is 5.69 Å². The lowest BCUT2D eigenvalue weighted by Gasteiger charge is -2.12. The molecule has 0 bridgehead atoms. The zero-order valence-electron chi connectivity index (χ0n) is 11.0. The molecular weight excluding hydrogens is 312 g/mol. The number of nitro benzene ring substituents is 1. The molecule has 0 saturated carbocycles. The number of hydrogen-bond acceptors (Lipinski definition) is 4. The Bertz CT molecular complexity index is 706. The summed E-state index contributed by atoms with van der Waals surface area (Å²) in [6, 6.07) is 11.2. The Morgan fingerprint density at radius 3 is 2.76 bits per heavy atom. The molecule has 0 aliphatic carbocycles. The number of nitro groups is 1. The standard InChI is InChI=1S/C14H11ClN2O3S/c1-20-13-7-9(15)5-6-12(13)14(21)16-10-3-2-4-11(8-10)17(18)19/h2-8H,1H3,(H,16,21). The van der Waals surface area contributed by atoms with E-state index in [0.717, 1.165) is 0 Å². The van der Waals surface area contributed by atoms with Gasteiger partial charge in [-0.1, -0.05) is 29.9 Å². The van der Waals surface area contributed by atoms with Crippen molar-refractivity contribution in [2.75, 3.05) is 12.4 Å². The Hall–Kier alpha value is -2.18. The van der Waals surface area contributed by atoms with Crippen molar-refractivity contribution in [3.05, 3.63) is 63.2 Å². The Labute approximate surface area is 131 Å². The molecule has 0 radical (unpaired) electrons. The van der Waals surface area contributed by atoms with Crippen LogP contribution in [0.4, 0.5) is 11.4 Å². The highest BCUT2D eigenvalue weighted by Crippen LogP contribution is 2.25. The molecule has 2 aromatic carbocycles. The van der Waals surface area contributed by atoms with Crippen molar-refractivity contribution in [2.24, 2.45) is 0 Å². The predicted octanol–water partition coefficient (Wildman–Crippen LogP) is 4.04. The number of hydrogen-bond donors (Lipinski definition) is 1. The van der Waals surface area contributed by atoms with Crippen LogP contribution in [0.2, 0.25) is 5.02 Å². The van der Waals surface area contributed by atoms with E-state index in [1.54, 1.807) is 30.3 Å². The van der Waals surface area contributed by atoms with E-state index in [2.05, 4.69) is 5.32 Å². The lowest BCUT2D eigenvalue weighted by atomic mass is 10.2. The fraction of sp³-hybridized carbons (Fsp3) is 0.0714. The molecule has 2 aromatic rings. The van der Waals surface area contributed by atoms with Crippen LogP contribution in [0, 0.1) is 10.1 Å². The van der Waals surface area contributed by atoms with Gasteiger partial charge in [0.2, 0.25) is 0 Å². The minimum atomic E-state index is -0.461. The number of halogens is 1. The van der Waals surface area contributed by atoms with Gasteiger partial charge in [-0.05, 0) is 24.3 Å². The highest BCUT2D eigenvalue weighted by atomic mass is 35.5. The first kappa shape index (κ1) is 15.2. The van der Waals surface area contributed by atoms with E-state index in [1.807, 2.05) is 0 Å². The molecule has 0 amide bonds. The maximum absolute atomic E-state index is 10.8. The number of thiocarbonyl (C=S) groups is 1. The van der Waals surface area contributed by atoms with Gasteiger partial charge in [0, 0.05) is 22.8 Å². The maximum atomic E-state index is 10.8. The topological polar surface area (TPSA) is 64.4 Å². The summed E-state index contributed by atoms with van der Waals surface area (Å²) in [6.07, 6.45) is 0. The summed E-state index contributed by atoms with van der Waals surface area (Å²) >= 11 is 11.2. The number of non-ortho nitro benzene ring substituents is 1. The molecular formula is C14H11ClN2O3S. The van der Waals surface area contributed by atoms with Crippen molar-refractivity contribution >= 4 is 40.2 Å². The summed E-state index contributed by atoms with van der Waals surface area (Å²) in [6.45, 7) is 0. The zero-order chi connectivity index (χ0) is 15.4. The Balaban J connectivity index is 2.26. The van der Waals surface area contributed by atoms with Crippen molar-refractivity contribution in [1.82, 2.24) is 0 Å². The first-order chi connectivity index (χ1) is 10.0. The number of rotatable bonds is 4. The van der Waals surface area contributed by atoms with Crippen LogP contribution < -0.4 is 10.1 Å². The van der Waals surface area contributed by atoms with Crippen LogP contribution in [0.1, 0.15) is 5.56 Å². The van der Waals surface area contributed by atoms with E-state index < -0.39 is 4.92 Å². The fourth-order valence-electron chi connectivity index (χ4n) is 1.75. The summed E-state index contributed by atoms with van der Waals surface area (Å²) in [5.41, 5.74) is 1.18. The molecule has 5 nitrogen and oxygen atoms in total. The molecule has 1 N–H and O–H groups in total. The van der Waals surface area contributed by atoms with Crippen LogP contribution in [0.15, 0.2) is 42.5 Å². The minimum absolute atomic E-state index is 0.00845. The van der Waals surface area contributed by atoms with Crippen molar-refractivity contribution in [2.45, 2.75) is 0 Å². The van der Waals surface area contributed by atoms with Gasteiger partial charge in [0.15, 0.2) is 0 Å². The Morgan fingerprint density at radius 1 is 1.33 bits per heavy atom. The van der Waals surface area contributed by atoms with Crippen LogP contribution in [-0.2, 0) is 0 Å². The van der Waals surface area contributed by atoms with Gasteiger partial charge in [-0.15, -0.1) is 0 Å². The van der Waals surface area contributed by atoms with Crippen LogP contribution in [-0.4, -0.2) is 17.0 Å². The Kier molecular flexibility index (Phi) is 4.72. The van der Waals surface area contributed by atoms with E-state index in [1.165, 1.54) is 19.2 Å². The largest absolute Gasteiger partial charge is 0.496 e. The maximum Gasteiger partial charge on any atom is 0.271 e. The molecule has 0 aliphatic heterocycles. The molecule has 0 atom stereocenters. The Morgan fingerprint density at radius 2 is 2.10 bits per heavy atom. The molecule has 7 heteroatoms. The summed E-state index contributed by atoms with van der Waals surface area (Å²) in [4.78, 5) is 10.7. The highest BCUT2D eigenvalue weighted by molar-refractivity contribution is 7.81. The van der Waals surface area contributed by atoms with Gasteiger partial charge in [-0.3, -0.25) is 10.1 Å². The summed E-state index contributed by atoms with van der Waals surface area (Å²) in [7, 11) is 1.52. The molecule has 0 spiro atoms. The molecule has 0 unspecified atom stereocenters. The predicted molar refractivity (Wildman–Crippen MR) is 86.4 cm³/mol. The van der Waals surface area contributed by atoms with Crippen LogP contribution in [0.3, 0.4) is 0 Å². The van der Waals surface area contributed by atoms with Gasteiger partial charge in [0.05, 0.1) is 17.6 Å². The van der Waals surface area contributed by atoms with Gasteiger partial charge >= 0.3 is 0 Å². The average Bonchev–Trinajstić information content (AvgIpc) is 2.47.